The molecule has 0 aliphatic carbocycles. The minimum Gasteiger partial charge on any atom is -0.478 e. The minimum atomic E-state index is -2.86. The fraction of sp³-hybridized carbons (Fsp3) is 0.242. The van der Waals surface area contributed by atoms with Gasteiger partial charge in [0.15, 0.2) is 0 Å². The summed E-state index contributed by atoms with van der Waals surface area (Å²) in [5.74, 6) is -2.08. The van der Waals surface area contributed by atoms with Gasteiger partial charge in [0.1, 0.15) is 24.1 Å². The lowest BCUT2D eigenvalue weighted by Crippen LogP contribution is -2.39. The zero-order valence-corrected chi connectivity index (χ0v) is 25.4. The normalized spacial score (nSPS) is 17.2. The van der Waals surface area contributed by atoms with E-state index >= 15 is 8.78 Å². The van der Waals surface area contributed by atoms with Crippen LogP contribution in [0.2, 0.25) is 0 Å². The van der Waals surface area contributed by atoms with Gasteiger partial charge in [0.2, 0.25) is 5.88 Å². The van der Waals surface area contributed by atoms with Gasteiger partial charge in [0, 0.05) is 37.3 Å². The molecule has 15 heteroatoms. The quantitative estimate of drug-likeness (QED) is 0.177. The molecule has 3 aliphatic heterocycles. The summed E-state index contributed by atoms with van der Waals surface area (Å²) in [5, 5.41) is 19.0. The standard InChI is InChI=1S/C33H27F4N7O4/c1-42-28(20-14-38-39-15-20)12-21(44(42)33(36)37)17-48-31-4-2-3-26(41-31)23-13-24(34)19(9-25(23)35)11-30-40-27-6-5-18(32(45)46)10-29(27)43(30)16-22-7-8-47-22/h2-6,9-10,12-15,22,33H,7-8,11,16-17H2,1H3,(H,45,46)/t22-/m0/s1. The van der Waals surface area contributed by atoms with Gasteiger partial charge in [-0.3, -0.25) is 5.01 Å². The molecule has 2 aromatic heterocycles. The van der Waals surface area contributed by atoms with E-state index in [2.05, 4.69) is 20.2 Å². The SMILES string of the molecule is CN1C(=C2C=NN=C2)C=C(COc2cccc(-c3cc(F)c(Cc4nc5ccc(C(=O)O)cc5n4C[C@@H]4CCO4)cc3F)n2)N1C(F)F. The number of benzene rings is 2. The topological polar surface area (TPSA) is 118 Å². The number of hydrazine groups is 1. The first-order valence-corrected chi connectivity index (χ1v) is 14.9. The number of carboxylic acids is 1. The van der Waals surface area contributed by atoms with E-state index in [4.69, 9.17) is 9.47 Å². The summed E-state index contributed by atoms with van der Waals surface area (Å²) in [6.07, 6.45) is 5.09. The first kappa shape index (κ1) is 31.1. The average Bonchev–Trinajstić information content (AvgIpc) is 3.77. The summed E-state index contributed by atoms with van der Waals surface area (Å²) in [6.45, 7) is -2.15. The van der Waals surface area contributed by atoms with Crippen molar-refractivity contribution in [1.29, 1.82) is 0 Å². The summed E-state index contributed by atoms with van der Waals surface area (Å²) >= 11 is 0. The highest BCUT2D eigenvalue weighted by Gasteiger charge is 2.33. The highest BCUT2D eigenvalue weighted by molar-refractivity contribution is 6.07. The van der Waals surface area contributed by atoms with Crippen LogP contribution in [0.5, 0.6) is 5.88 Å². The molecule has 0 unspecified atom stereocenters. The maximum Gasteiger partial charge on any atom is 0.335 e. The van der Waals surface area contributed by atoms with Crippen molar-refractivity contribution in [2.75, 3.05) is 20.3 Å². The number of alkyl halides is 2. The lowest BCUT2D eigenvalue weighted by atomic mass is 10.0. The van der Waals surface area contributed by atoms with E-state index in [0.29, 0.717) is 41.3 Å². The summed E-state index contributed by atoms with van der Waals surface area (Å²) in [7, 11) is 1.48. The third-order valence-electron chi connectivity index (χ3n) is 8.32. The lowest BCUT2D eigenvalue weighted by molar-refractivity contribution is -0.101. The lowest BCUT2D eigenvalue weighted by Gasteiger charge is -2.30. The monoisotopic (exact) mass is 661 g/mol. The first-order chi connectivity index (χ1) is 23.2. The molecule has 0 saturated carbocycles. The Labute approximate surface area is 270 Å². The van der Waals surface area contributed by atoms with E-state index in [1.807, 2.05) is 0 Å². The van der Waals surface area contributed by atoms with Crippen molar-refractivity contribution in [3.05, 3.63) is 100 Å². The first-order valence-electron chi connectivity index (χ1n) is 14.9. The zero-order valence-electron chi connectivity index (χ0n) is 25.4. The summed E-state index contributed by atoms with van der Waals surface area (Å²) < 4.78 is 72.1. The second kappa shape index (κ2) is 12.6. The molecule has 1 atom stereocenters. The molecular weight excluding hydrogens is 634 g/mol. The van der Waals surface area contributed by atoms with Gasteiger partial charge in [0.25, 0.3) is 0 Å². The molecule has 11 nitrogen and oxygen atoms in total. The molecule has 3 aliphatic rings. The molecule has 5 heterocycles. The Morgan fingerprint density at radius 2 is 1.88 bits per heavy atom. The largest absolute Gasteiger partial charge is 0.478 e. The number of pyridine rings is 1. The molecular formula is C33H27F4N7O4. The fourth-order valence-electron chi connectivity index (χ4n) is 5.78. The number of halogens is 4. The van der Waals surface area contributed by atoms with Crippen LogP contribution in [0.25, 0.3) is 22.3 Å². The Hall–Kier alpha value is -5.57. The van der Waals surface area contributed by atoms with Crippen LogP contribution in [0.15, 0.2) is 81.8 Å². The highest BCUT2D eigenvalue weighted by Crippen LogP contribution is 2.32. The van der Waals surface area contributed by atoms with Crippen LogP contribution >= 0.6 is 0 Å². The van der Waals surface area contributed by atoms with Gasteiger partial charge in [-0.25, -0.2) is 28.6 Å². The van der Waals surface area contributed by atoms with Gasteiger partial charge in [-0.1, -0.05) is 6.07 Å². The van der Waals surface area contributed by atoms with Crippen molar-refractivity contribution in [3.8, 4) is 17.1 Å². The number of fused-ring (bicyclic) bond motifs is 1. The molecule has 0 bridgehead atoms. The number of rotatable bonds is 10. The minimum absolute atomic E-state index is 0.0203. The van der Waals surface area contributed by atoms with Crippen molar-refractivity contribution in [1.82, 2.24) is 24.6 Å². The van der Waals surface area contributed by atoms with E-state index < -0.39 is 24.2 Å². The molecule has 246 valence electrons. The number of imidazole rings is 1. The molecule has 0 radical (unpaired) electrons. The van der Waals surface area contributed by atoms with Gasteiger partial charge in [-0.2, -0.15) is 19.0 Å². The molecule has 0 amide bonds. The summed E-state index contributed by atoms with van der Waals surface area (Å²) in [6, 6.07) is 11.2. The number of aromatic carboxylic acids is 1. The maximum atomic E-state index is 15.6. The molecule has 2 aromatic carbocycles. The van der Waals surface area contributed by atoms with E-state index in [1.54, 1.807) is 10.6 Å². The van der Waals surface area contributed by atoms with Crippen LogP contribution in [-0.2, 0) is 17.7 Å². The van der Waals surface area contributed by atoms with Gasteiger partial charge in [-0.05, 0) is 54.5 Å². The molecule has 48 heavy (non-hydrogen) atoms. The van der Waals surface area contributed by atoms with E-state index in [9.17, 15) is 18.7 Å². The third kappa shape index (κ3) is 5.88. The van der Waals surface area contributed by atoms with Gasteiger partial charge >= 0.3 is 12.5 Å². The zero-order chi connectivity index (χ0) is 33.5. The number of hydrogen-bond acceptors (Lipinski definition) is 9. The van der Waals surface area contributed by atoms with Crippen molar-refractivity contribution in [2.45, 2.75) is 32.0 Å². The van der Waals surface area contributed by atoms with Gasteiger partial charge in [0.05, 0.1) is 58.8 Å². The number of allylic oxidation sites excluding steroid dienone is 2. The Morgan fingerprint density at radius 1 is 1.08 bits per heavy atom. The van der Waals surface area contributed by atoms with E-state index in [-0.39, 0.29) is 53.1 Å². The molecule has 1 saturated heterocycles. The predicted molar refractivity (Wildman–Crippen MR) is 167 cm³/mol. The Kier molecular flexibility index (Phi) is 8.12. The molecule has 7 rings (SSSR count). The number of likely N-dealkylation sites (N-methyl/N-ethyl adjacent to an activating group) is 1. The molecule has 1 N–H and O–H groups in total. The molecule has 0 spiro atoms. The second-order valence-electron chi connectivity index (χ2n) is 11.3. The predicted octanol–water partition coefficient (Wildman–Crippen LogP) is 5.43. The molecule has 4 aromatic rings. The van der Waals surface area contributed by atoms with Crippen LogP contribution in [-0.4, -0.2) is 81.0 Å². The van der Waals surface area contributed by atoms with Crippen LogP contribution in [0.4, 0.5) is 17.6 Å². The average molecular weight is 662 g/mol. The molecule has 1 fully saturated rings. The van der Waals surface area contributed by atoms with E-state index in [0.717, 1.165) is 23.6 Å². The van der Waals surface area contributed by atoms with Crippen molar-refractivity contribution in [2.24, 2.45) is 10.2 Å². The number of ether oxygens (including phenoxy) is 2. The third-order valence-corrected chi connectivity index (χ3v) is 8.32. The number of aromatic nitrogens is 3. The Morgan fingerprint density at radius 3 is 2.58 bits per heavy atom. The number of nitrogens with zero attached hydrogens (tertiary/aromatic N) is 7. The van der Waals surface area contributed by atoms with Crippen molar-refractivity contribution in [3.63, 3.8) is 0 Å². The Bertz CT molecular complexity index is 2040. The summed E-state index contributed by atoms with van der Waals surface area (Å²) in [5.41, 5.74) is 2.32. The van der Waals surface area contributed by atoms with Crippen molar-refractivity contribution < 1.29 is 36.9 Å². The second-order valence-corrected chi connectivity index (χ2v) is 11.3. The smallest absolute Gasteiger partial charge is 0.335 e. The fourth-order valence-corrected chi connectivity index (χ4v) is 5.78. The van der Waals surface area contributed by atoms with E-state index in [1.165, 1.54) is 60.9 Å². The van der Waals surface area contributed by atoms with Crippen LogP contribution < -0.4 is 4.74 Å². The number of hydrogen-bond donors (Lipinski definition) is 1. The number of carboxylic acid groups (broad SMARTS) is 1. The van der Waals surface area contributed by atoms with Crippen LogP contribution in [0, 0.1) is 11.6 Å². The number of carbonyl (C=O) groups is 1. The maximum absolute atomic E-state index is 15.6. The van der Waals surface area contributed by atoms with Crippen molar-refractivity contribution >= 4 is 29.4 Å². The van der Waals surface area contributed by atoms with Crippen LogP contribution in [0.3, 0.4) is 0 Å². The van der Waals surface area contributed by atoms with Gasteiger partial charge in [-0.15, -0.1) is 0 Å². The van der Waals surface area contributed by atoms with Crippen LogP contribution in [0.1, 0.15) is 28.2 Å². The van der Waals surface area contributed by atoms with Gasteiger partial charge < -0.3 is 19.1 Å². The Balaban J connectivity index is 1.13. The summed E-state index contributed by atoms with van der Waals surface area (Å²) in [4.78, 5) is 20.5. The highest BCUT2D eigenvalue weighted by atomic mass is 19.3.